The molecule has 0 aliphatic carbocycles. The predicted octanol–water partition coefficient (Wildman–Crippen LogP) is 17.8. The van der Waals surface area contributed by atoms with Gasteiger partial charge in [0, 0.05) is 62.7 Å². The maximum Gasteiger partial charge on any atom is 0.0716 e. The molecule has 0 atom stereocenters. The molecule has 0 bridgehead atoms. The summed E-state index contributed by atoms with van der Waals surface area (Å²) in [6.07, 6.45) is 6.31. The predicted molar refractivity (Wildman–Crippen MR) is 279 cm³/mol. The van der Waals surface area contributed by atoms with Crippen LogP contribution in [0.4, 0.5) is 0 Å². The van der Waals surface area contributed by atoms with Crippen LogP contribution in [0.1, 0.15) is 17.4 Å². The Kier molecular flexibility index (Phi) is 9.29. The summed E-state index contributed by atoms with van der Waals surface area (Å²) in [5, 5.41) is 6.30. The van der Waals surface area contributed by atoms with Crippen LogP contribution in [0.15, 0.2) is 207 Å². The fraction of sp³-hybridized carbons (Fsp3) is 0.0167. The number of nitrogens with zero attached hydrogens (tertiary/aromatic N) is 2. The highest BCUT2D eigenvalue weighted by Crippen LogP contribution is 2.45. The number of thiophene rings is 2. The molecule has 0 N–H and O–H groups in total. The summed E-state index contributed by atoms with van der Waals surface area (Å²) >= 11 is 3.70. The smallest absolute Gasteiger partial charge is 0.0716 e. The lowest BCUT2D eigenvalue weighted by atomic mass is 9.98. The molecule has 0 amide bonds. The van der Waals surface area contributed by atoms with E-state index in [4.69, 9.17) is 4.98 Å². The van der Waals surface area contributed by atoms with Crippen LogP contribution in [-0.4, -0.2) is 9.55 Å². The Labute approximate surface area is 380 Å². The van der Waals surface area contributed by atoms with Crippen molar-refractivity contribution >= 4 is 86.9 Å². The molecule has 4 heterocycles. The average Bonchev–Trinajstić information content (AvgIpc) is 4.03. The van der Waals surface area contributed by atoms with Gasteiger partial charge in [0.25, 0.3) is 0 Å². The van der Waals surface area contributed by atoms with Crippen LogP contribution in [0.25, 0.3) is 126 Å². The molecule has 64 heavy (non-hydrogen) atoms. The maximum atomic E-state index is 5.31. The van der Waals surface area contributed by atoms with Crippen LogP contribution in [0, 0.1) is 0 Å². The summed E-state index contributed by atoms with van der Waals surface area (Å²) in [5.41, 5.74) is 15.9. The first-order chi connectivity index (χ1) is 31.6. The summed E-state index contributed by atoms with van der Waals surface area (Å²) in [6, 6.07) is 70.7. The van der Waals surface area contributed by atoms with E-state index >= 15 is 0 Å². The largest absolute Gasteiger partial charge is 0.309 e. The van der Waals surface area contributed by atoms with E-state index in [0.29, 0.717) is 0 Å². The molecule has 0 spiro atoms. The van der Waals surface area contributed by atoms with Crippen LogP contribution in [-0.2, 0) is 0 Å². The lowest BCUT2D eigenvalue weighted by molar-refractivity contribution is 1.18. The number of allylic oxidation sites excluding steroid dienone is 1. The first-order valence-corrected chi connectivity index (χ1v) is 23.3. The van der Waals surface area contributed by atoms with Gasteiger partial charge in [-0.15, -0.1) is 22.7 Å². The fourth-order valence-electron chi connectivity index (χ4n) is 9.52. The van der Waals surface area contributed by atoms with Crippen molar-refractivity contribution in [2.75, 3.05) is 0 Å². The summed E-state index contributed by atoms with van der Waals surface area (Å²) in [7, 11) is 0. The van der Waals surface area contributed by atoms with Crippen molar-refractivity contribution < 1.29 is 0 Å². The van der Waals surface area contributed by atoms with E-state index in [1.165, 1.54) is 73.7 Å². The molecule has 0 unspecified atom stereocenters. The minimum absolute atomic E-state index is 0.934. The topological polar surface area (TPSA) is 17.8 Å². The second-order valence-corrected chi connectivity index (χ2v) is 18.4. The van der Waals surface area contributed by atoms with Crippen LogP contribution in [0.3, 0.4) is 0 Å². The zero-order chi connectivity index (χ0) is 42.7. The van der Waals surface area contributed by atoms with E-state index in [2.05, 4.69) is 224 Å². The Morgan fingerprint density at radius 2 is 1.03 bits per heavy atom. The molecular weight excluding hydrogens is 813 g/mol. The molecule has 8 aromatic carbocycles. The standard InChI is InChI=1S/C60H40N2S2/c1-3-16-47-49-26-14-24-45(59(49)63-57(47)4-2)40-29-31-55-51(34-40)52-35-41(46-25-15-27-50-48-23-11-12-28-58(48)64-60(46)50)30-32-56(52)62(55)44-22-13-21-42(33-44)54-37-43(38-17-7-5-8-18-38)36-53(61-54)39-19-9-6-10-20-39/h3-37H,2H2,1H3/b16-3-. The molecule has 12 rings (SSSR count). The Morgan fingerprint density at radius 3 is 1.72 bits per heavy atom. The van der Waals surface area contributed by atoms with Crippen molar-refractivity contribution in [3.05, 3.63) is 217 Å². The zero-order valence-corrected chi connectivity index (χ0v) is 36.8. The normalized spacial score (nSPS) is 11.8. The monoisotopic (exact) mass is 852 g/mol. The molecule has 0 aliphatic heterocycles. The van der Waals surface area contributed by atoms with Gasteiger partial charge in [-0.3, -0.25) is 0 Å². The molecule has 0 fully saturated rings. The SMILES string of the molecule is C=Cc1sc2c(-c3ccc4c(c3)c3cc(-c5cccc6c5sc5ccccc56)ccc3n4-c3cccc(-c4cc(-c5ccccc5)cc(-c5ccccc5)n4)c3)cccc2c1/C=C\C. The van der Waals surface area contributed by atoms with Gasteiger partial charge >= 0.3 is 0 Å². The highest BCUT2D eigenvalue weighted by Gasteiger charge is 2.19. The van der Waals surface area contributed by atoms with Crippen molar-refractivity contribution in [2.24, 2.45) is 0 Å². The lowest BCUT2D eigenvalue weighted by Crippen LogP contribution is -1.96. The second kappa shape index (κ2) is 15.6. The van der Waals surface area contributed by atoms with Gasteiger partial charge in [0.2, 0.25) is 0 Å². The second-order valence-electron chi connectivity index (χ2n) is 16.3. The summed E-state index contributed by atoms with van der Waals surface area (Å²) < 4.78 is 6.34. The van der Waals surface area contributed by atoms with Crippen molar-refractivity contribution in [1.29, 1.82) is 0 Å². The zero-order valence-electron chi connectivity index (χ0n) is 35.1. The number of fused-ring (bicyclic) bond motifs is 7. The van der Waals surface area contributed by atoms with Gasteiger partial charge in [-0.2, -0.15) is 0 Å². The van der Waals surface area contributed by atoms with Crippen LogP contribution in [0.5, 0.6) is 0 Å². The van der Waals surface area contributed by atoms with Gasteiger partial charge in [0.05, 0.1) is 22.4 Å². The van der Waals surface area contributed by atoms with Gasteiger partial charge < -0.3 is 4.57 Å². The van der Waals surface area contributed by atoms with Crippen LogP contribution < -0.4 is 0 Å². The first kappa shape index (κ1) is 38.1. The van der Waals surface area contributed by atoms with Crippen molar-refractivity contribution in [2.45, 2.75) is 6.92 Å². The Hall–Kier alpha value is -7.63. The van der Waals surface area contributed by atoms with E-state index in [1.54, 1.807) is 0 Å². The third-order valence-electron chi connectivity index (χ3n) is 12.5. The van der Waals surface area contributed by atoms with Gasteiger partial charge in [0.1, 0.15) is 0 Å². The van der Waals surface area contributed by atoms with Gasteiger partial charge in [-0.1, -0.05) is 164 Å². The minimum Gasteiger partial charge on any atom is -0.309 e. The molecule has 0 aliphatic rings. The number of benzene rings is 8. The minimum atomic E-state index is 0.934. The molecule has 0 saturated carbocycles. The van der Waals surface area contributed by atoms with Gasteiger partial charge in [-0.05, 0) is 100 Å². The summed E-state index contributed by atoms with van der Waals surface area (Å²) in [5.74, 6) is 0. The summed E-state index contributed by atoms with van der Waals surface area (Å²) in [4.78, 5) is 6.50. The van der Waals surface area contributed by atoms with E-state index in [9.17, 15) is 0 Å². The fourth-order valence-corrected chi connectivity index (χ4v) is 11.9. The lowest BCUT2D eigenvalue weighted by Gasteiger charge is -2.13. The third-order valence-corrected chi connectivity index (χ3v) is 15.0. The number of rotatable bonds is 8. The number of pyridine rings is 1. The number of hydrogen-bond acceptors (Lipinski definition) is 3. The van der Waals surface area contributed by atoms with E-state index in [0.717, 1.165) is 50.4 Å². The Balaban J connectivity index is 1.08. The molecule has 12 aromatic rings. The van der Waals surface area contributed by atoms with Crippen LogP contribution >= 0.6 is 22.7 Å². The highest BCUT2D eigenvalue weighted by molar-refractivity contribution is 7.26. The first-order valence-electron chi connectivity index (χ1n) is 21.7. The Morgan fingerprint density at radius 1 is 0.453 bits per heavy atom. The van der Waals surface area contributed by atoms with Crippen molar-refractivity contribution in [3.8, 4) is 61.6 Å². The summed E-state index contributed by atoms with van der Waals surface area (Å²) in [6.45, 7) is 6.25. The molecule has 0 saturated heterocycles. The molecule has 2 nitrogen and oxygen atoms in total. The third kappa shape index (κ3) is 6.33. The van der Waals surface area contributed by atoms with Gasteiger partial charge in [0.15, 0.2) is 0 Å². The van der Waals surface area contributed by atoms with Gasteiger partial charge in [-0.25, -0.2) is 4.98 Å². The van der Waals surface area contributed by atoms with E-state index < -0.39 is 0 Å². The molecule has 4 aromatic heterocycles. The van der Waals surface area contributed by atoms with Crippen molar-refractivity contribution in [3.63, 3.8) is 0 Å². The average molecular weight is 853 g/mol. The molecular formula is C60H40N2S2. The maximum absolute atomic E-state index is 5.31. The highest BCUT2D eigenvalue weighted by atomic mass is 32.1. The van der Waals surface area contributed by atoms with Crippen molar-refractivity contribution in [1.82, 2.24) is 9.55 Å². The van der Waals surface area contributed by atoms with E-state index in [1.807, 2.05) is 28.7 Å². The van der Waals surface area contributed by atoms with Crippen LogP contribution in [0.2, 0.25) is 0 Å². The number of hydrogen-bond donors (Lipinski definition) is 0. The molecule has 0 radical (unpaired) electrons. The van der Waals surface area contributed by atoms with E-state index in [-0.39, 0.29) is 0 Å². The quantitative estimate of drug-likeness (QED) is 0.149. The Bertz CT molecular complexity index is 3750. The molecule has 302 valence electrons. The number of aromatic nitrogens is 2. The molecule has 4 heteroatoms.